The third kappa shape index (κ3) is 4.55. The molecule has 3 amide bonds. The highest BCUT2D eigenvalue weighted by Crippen LogP contribution is 2.30. The first kappa shape index (κ1) is 17.4. The highest BCUT2D eigenvalue weighted by molar-refractivity contribution is 8.00. The standard InChI is InChI=1S/C17H16N4O2S2/c1-11(25-16-13-7-8-24-15(13)19-10-20-16)14(22)21-17(23)18-9-12-5-3-2-4-6-12/h2-8,10-11H,9H2,1H3,(H2,18,21,22,23)/t11-/m0/s1. The van der Waals surface area contributed by atoms with E-state index in [4.69, 9.17) is 0 Å². The summed E-state index contributed by atoms with van der Waals surface area (Å²) in [5.41, 5.74) is 0.966. The number of fused-ring (bicyclic) bond motifs is 1. The molecule has 25 heavy (non-hydrogen) atoms. The molecule has 2 heterocycles. The first-order valence-corrected chi connectivity index (χ1v) is 9.37. The molecule has 6 nitrogen and oxygen atoms in total. The Morgan fingerprint density at radius 1 is 1.20 bits per heavy atom. The van der Waals surface area contributed by atoms with Gasteiger partial charge in [0, 0.05) is 11.9 Å². The van der Waals surface area contributed by atoms with Crippen molar-refractivity contribution in [1.29, 1.82) is 0 Å². The van der Waals surface area contributed by atoms with E-state index in [-0.39, 0.29) is 5.91 Å². The van der Waals surface area contributed by atoms with E-state index in [9.17, 15) is 9.59 Å². The summed E-state index contributed by atoms with van der Waals surface area (Å²) in [6, 6.07) is 10.9. The van der Waals surface area contributed by atoms with Crippen LogP contribution in [-0.4, -0.2) is 27.2 Å². The Kier molecular flexibility index (Phi) is 5.62. The highest BCUT2D eigenvalue weighted by Gasteiger charge is 2.19. The molecule has 8 heteroatoms. The SMILES string of the molecule is C[C@H](Sc1ncnc2sccc12)C(=O)NC(=O)NCc1ccccc1. The number of carbonyl (C=O) groups is 2. The second-order valence-corrected chi connectivity index (χ2v) is 7.46. The van der Waals surface area contributed by atoms with Gasteiger partial charge in [0.2, 0.25) is 5.91 Å². The second-order valence-electron chi connectivity index (χ2n) is 5.24. The van der Waals surface area contributed by atoms with Crippen LogP contribution in [0.15, 0.2) is 53.1 Å². The van der Waals surface area contributed by atoms with E-state index < -0.39 is 11.3 Å². The van der Waals surface area contributed by atoms with Crippen molar-refractivity contribution in [3.8, 4) is 0 Å². The number of imide groups is 1. The highest BCUT2D eigenvalue weighted by atomic mass is 32.2. The van der Waals surface area contributed by atoms with Crippen molar-refractivity contribution in [2.75, 3.05) is 0 Å². The number of nitrogens with one attached hydrogen (secondary N) is 2. The lowest BCUT2D eigenvalue weighted by Crippen LogP contribution is -2.42. The predicted octanol–water partition coefficient (Wildman–Crippen LogP) is 3.20. The summed E-state index contributed by atoms with van der Waals surface area (Å²) in [5, 5.41) is 8.17. The lowest BCUT2D eigenvalue weighted by atomic mass is 10.2. The molecule has 2 aromatic heterocycles. The van der Waals surface area contributed by atoms with Gasteiger partial charge in [0.05, 0.1) is 5.25 Å². The maximum Gasteiger partial charge on any atom is 0.321 e. The van der Waals surface area contributed by atoms with E-state index in [1.165, 1.54) is 29.4 Å². The number of thiophene rings is 1. The van der Waals surface area contributed by atoms with Crippen LogP contribution in [-0.2, 0) is 11.3 Å². The number of benzene rings is 1. The Morgan fingerprint density at radius 3 is 2.80 bits per heavy atom. The monoisotopic (exact) mass is 372 g/mol. The fraction of sp³-hybridized carbons (Fsp3) is 0.176. The minimum absolute atomic E-state index is 0.363. The molecule has 0 unspecified atom stereocenters. The van der Waals surface area contributed by atoms with Crippen LogP contribution < -0.4 is 10.6 Å². The van der Waals surface area contributed by atoms with Gasteiger partial charge in [-0.1, -0.05) is 42.1 Å². The fourth-order valence-electron chi connectivity index (χ4n) is 2.12. The number of amides is 3. The van der Waals surface area contributed by atoms with Crippen molar-refractivity contribution in [2.24, 2.45) is 0 Å². The number of aromatic nitrogens is 2. The van der Waals surface area contributed by atoms with Crippen LogP contribution in [0, 0.1) is 0 Å². The van der Waals surface area contributed by atoms with Crippen LogP contribution in [0.2, 0.25) is 0 Å². The summed E-state index contributed by atoms with van der Waals surface area (Å²) >= 11 is 2.83. The molecule has 0 bridgehead atoms. The normalized spacial score (nSPS) is 11.9. The van der Waals surface area contributed by atoms with E-state index >= 15 is 0 Å². The molecule has 2 N–H and O–H groups in total. The first-order valence-electron chi connectivity index (χ1n) is 7.61. The molecule has 0 spiro atoms. The van der Waals surface area contributed by atoms with Gasteiger partial charge in [-0.2, -0.15) is 0 Å². The molecule has 1 aromatic carbocycles. The molecule has 128 valence electrons. The summed E-state index contributed by atoms with van der Waals surface area (Å²) in [7, 11) is 0. The topological polar surface area (TPSA) is 84.0 Å². The van der Waals surface area contributed by atoms with Crippen LogP contribution in [0.1, 0.15) is 12.5 Å². The lowest BCUT2D eigenvalue weighted by Gasteiger charge is -2.12. The van der Waals surface area contributed by atoms with E-state index in [0.717, 1.165) is 20.8 Å². The summed E-state index contributed by atoms with van der Waals surface area (Å²) < 4.78 is 0. The first-order chi connectivity index (χ1) is 12.1. The number of nitrogens with zero attached hydrogens (tertiary/aromatic N) is 2. The Hall–Kier alpha value is -2.45. The van der Waals surface area contributed by atoms with Gasteiger partial charge >= 0.3 is 6.03 Å². The smallest absolute Gasteiger partial charge is 0.321 e. The minimum Gasteiger partial charge on any atom is -0.334 e. The van der Waals surface area contributed by atoms with Crippen molar-refractivity contribution >= 4 is 45.3 Å². The zero-order valence-electron chi connectivity index (χ0n) is 13.4. The molecule has 0 radical (unpaired) electrons. The molecule has 0 aliphatic rings. The van der Waals surface area contributed by atoms with Crippen LogP contribution in [0.25, 0.3) is 10.2 Å². The van der Waals surface area contributed by atoms with Gasteiger partial charge in [0.1, 0.15) is 16.2 Å². The van der Waals surface area contributed by atoms with Crippen LogP contribution in [0.4, 0.5) is 4.79 Å². The predicted molar refractivity (Wildman–Crippen MR) is 99.6 cm³/mol. The van der Waals surface area contributed by atoms with Crippen molar-refractivity contribution < 1.29 is 9.59 Å². The molecule has 0 aliphatic heterocycles. The van der Waals surface area contributed by atoms with Gasteiger partial charge in [-0.3, -0.25) is 10.1 Å². The summed E-state index contributed by atoms with van der Waals surface area (Å²) in [6.45, 7) is 2.10. The van der Waals surface area contributed by atoms with Crippen LogP contribution in [0.3, 0.4) is 0 Å². The van der Waals surface area contributed by atoms with E-state index in [1.807, 2.05) is 41.8 Å². The van der Waals surface area contributed by atoms with Crippen molar-refractivity contribution in [3.05, 3.63) is 53.7 Å². The third-order valence-corrected chi connectivity index (χ3v) is 5.35. The summed E-state index contributed by atoms with van der Waals surface area (Å²) in [5.74, 6) is -0.363. The average molecular weight is 372 g/mol. The number of rotatable bonds is 5. The molecule has 1 atom stereocenters. The zero-order valence-corrected chi connectivity index (χ0v) is 15.1. The van der Waals surface area contributed by atoms with Gasteiger partial charge in [0.25, 0.3) is 0 Å². The molecule has 3 rings (SSSR count). The van der Waals surface area contributed by atoms with Crippen LogP contribution >= 0.6 is 23.1 Å². The van der Waals surface area contributed by atoms with Gasteiger partial charge in [0.15, 0.2) is 0 Å². The lowest BCUT2D eigenvalue weighted by molar-refractivity contribution is -0.119. The Labute approximate surface area is 153 Å². The molecule has 0 saturated carbocycles. The van der Waals surface area contributed by atoms with E-state index in [2.05, 4.69) is 20.6 Å². The number of hydrogen-bond acceptors (Lipinski definition) is 6. The molecule has 0 aliphatic carbocycles. The molecule has 0 saturated heterocycles. The Morgan fingerprint density at radius 2 is 2.00 bits per heavy atom. The maximum atomic E-state index is 12.2. The average Bonchev–Trinajstić information content (AvgIpc) is 3.10. The summed E-state index contributed by atoms with van der Waals surface area (Å²) in [6.07, 6.45) is 1.48. The number of hydrogen-bond donors (Lipinski definition) is 2. The fourth-order valence-corrected chi connectivity index (χ4v) is 3.82. The zero-order chi connectivity index (χ0) is 17.6. The van der Waals surface area contributed by atoms with Crippen molar-refractivity contribution in [1.82, 2.24) is 20.6 Å². The Bertz CT molecular complexity index is 882. The second kappa shape index (κ2) is 8.09. The van der Waals surface area contributed by atoms with Crippen molar-refractivity contribution in [2.45, 2.75) is 23.7 Å². The minimum atomic E-state index is -0.510. The van der Waals surface area contributed by atoms with Gasteiger partial charge in [-0.15, -0.1) is 11.3 Å². The largest absolute Gasteiger partial charge is 0.334 e. The maximum absolute atomic E-state index is 12.2. The molecular weight excluding hydrogens is 356 g/mol. The quantitative estimate of drug-likeness (QED) is 0.531. The molecular formula is C17H16N4O2S2. The third-order valence-electron chi connectivity index (χ3n) is 3.42. The van der Waals surface area contributed by atoms with Gasteiger partial charge in [-0.05, 0) is 23.9 Å². The van der Waals surface area contributed by atoms with Gasteiger partial charge in [-0.25, -0.2) is 14.8 Å². The number of thioether (sulfide) groups is 1. The molecule has 0 fully saturated rings. The number of urea groups is 1. The number of carbonyl (C=O) groups excluding carboxylic acids is 2. The van der Waals surface area contributed by atoms with Crippen LogP contribution in [0.5, 0.6) is 0 Å². The Balaban J connectivity index is 1.53. The van der Waals surface area contributed by atoms with E-state index in [0.29, 0.717) is 6.54 Å². The van der Waals surface area contributed by atoms with Gasteiger partial charge < -0.3 is 5.32 Å². The summed E-state index contributed by atoms with van der Waals surface area (Å²) in [4.78, 5) is 33.4. The van der Waals surface area contributed by atoms with Crippen molar-refractivity contribution in [3.63, 3.8) is 0 Å². The van der Waals surface area contributed by atoms with E-state index in [1.54, 1.807) is 6.92 Å². The molecule has 3 aromatic rings.